The molecule has 1 aromatic heterocycles. The van der Waals surface area contributed by atoms with Gasteiger partial charge in [-0.25, -0.2) is 16.2 Å². The van der Waals surface area contributed by atoms with Gasteiger partial charge in [-0.1, -0.05) is 17.3 Å². The number of hydrogen-bond donors (Lipinski definition) is 2. The largest absolute Gasteiger partial charge is 0.465 e. The van der Waals surface area contributed by atoms with Crippen LogP contribution < -0.4 is 5.32 Å². The van der Waals surface area contributed by atoms with E-state index in [9.17, 15) is 14.4 Å². The number of benzene rings is 2. The maximum absolute atomic E-state index is 13.0. The zero-order chi connectivity index (χ0) is 29.9. The number of tetrazole rings is 1. The highest BCUT2D eigenvalue weighted by atomic mass is 16.5. The quantitative estimate of drug-likeness (QED) is 0.308. The minimum absolute atomic E-state index is 0.0811. The van der Waals surface area contributed by atoms with Crippen LogP contribution in [0.4, 0.5) is 0 Å². The number of fused-ring (bicyclic) bond motifs is 2. The molecule has 0 saturated carbocycles. The van der Waals surface area contributed by atoms with Gasteiger partial charge in [0.25, 0.3) is 0 Å². The van der Waals surface area contributed by atoms with Gasteiger partial charge in [-0.3, -0.25) is 14.5 Å². The van der Waals surface area contributed by atoms with Crippen molar-refractivity contribution in [1.29, 1.82) is 0 Å². The van der Waals surface area contributed by atoms with Crippen LogP contribution >= 0.6 is 0 Å². The van der Waals surface area contributed by atoms with Gasteiger partial charge in [-0.05, 0) is 79.1 Å². The summed E-state index contributed by atoms with van der Waals surface area (Å²) in [6, 6.07) is 10.7. The number of methoxy groups -OCH3 is 2. The van der Waals surface area contributed by atoms with Crippen molar-refractivity contribution in [1.82, 2.24) is 30.8 Å². The molecule has 12 heteroatoms. The third-order valence-corrected chi connectivity index (χ3v) is 8.27. The van der Waals surface area contributed by atoms with Gasteiger partial charge in [-0.15, -0.1) is 10.2 Å². The topological polar surface area (TPSA) is 144 Å². The number of rotatable bonds is 8. The summed E-state index contributed by atoms with van der Waals surface area (Å²) in [4.78, 5) is 43.2. The van der Waals surface area contributed by atoms with Gasteiger partial charge in [-0.2, -0.15) is 5.21 Å². The number of likely N-dealkylation sites (tertiary alicyclic amines) is 1. The Morgan fingerprint density at radius 1 is 1.10 bits per heavy atom. The fourth-order valence-corrected chi connectivity index (χ4v) is 6.30. The fourth-order valence-electron chi connectivity index (χ4n) is 6.30. The molecule has 5 rings (SSSR count). The highest BCUT2D eigenvalue weighted by Gasteiger charge is 2.46. The second kappa shape index (κ2) is 12.1. The summed E-state index contributed by atoms with van der Waals surface area (Å²) in [7, 11) is 2.69. The van der Waals surface area contributed by atoms with Crippen molar-refractivity contribution in [2.24, 2.45) is 0 Å². The smallest absolute Gasteiger partial charge is 0.337 e. The lowest BCUT2D eigenvalue weighted by atomic mass is 9.68. The number of aromatic amines is 1. The standard InChI is InChI=1S/C30H33N7O5/c1-18(32-17-26(38)37-13-5-6-25(37)31-2)16-30(29-33-35-36-34-29)23-11-9-21(27(39)41-3)14-19(23)7-8-20-15-22(28(40)42-4)10-12-24(20)30/h9-12,14-15,18,25,32H,5-8,13,16-17H2,1,3-4H3,(H,33,34,35,36)/t18-,25-/m0/s1. The lowest BCUT2D eigenvalue weighted by molar-refractivity contribution is -0.130. The number of H-pyrrole nitrogens is 1. The third kappa shape index (κ3) is 5.23. The first-order chi connectivity index (χ1) is 20.3. The highest BCUT2D eigenvalue weighted by molar-refractivity contribution is 5.90. The Balaban J connectivity index is 1.59. The monoisotopic (exact) mass is 571 g/mol. The summed E-state index contributed by atoms with van der Waals surface area (Å²) in [5.41, 5.74) is 3.53. The average Bonchev–Trinajstić information content (AvgIpc) is 3.71. The fraction of sp³-hybridized carbons (Fsp3) is 0.433. The highest BCUT2D eigenvalue weighted by Crippen LogP contribution is 2.47. The third-order valence-electron chi connectivity index (χ3n) is 8.27. The minimum atomic E-state index is -0.945. The molecule has 3 aromatic rings. The van der Waals surface area contributed by atoms with Crippen LogP contribution in [0.25, 0.3) is 4.85 Å². The van der Waals surface area contributed by atoms with Crippen LogP contribution in [0.3, 0.4) is 0 Å². The van der Waals surface area contributed by atoms with Crippen LogP contribution in [0.5, 0.6) is 0 Å². The molecule has 0 bridgehead atoms. The number of nitrogens with zero attached hydrogens (tertiary/aromatic N) is 5. The summed E-state index contributed by atoms with van der Waals surface area (Å²) in [5, 5.41) is 18.8. The molecule has 2 heterocycles. The van der Waals surface area contributed by atoms with Gasteiger partial charge < -0.3 is 14.8 Å². The van der Waals surface area contributed by atoms with E-state index in [1.165, 1.54) is 14.2 Å². The SMILES string of the molecule is [C-]#[N+][C@@H]1CCCN1C(=O)CN[C@@H](C)CC1(c2nn[nH]n2)c2ccc(C(=O)OC)cc2CCc2cc(C(=O)OC)ccc21. The van der Waals surface area contributed by atoms with Gasteiger partial charge in [0.2, 0.25) is 5.91 Å². The second-order valence-corrected chi connectivity index (χ2v) is 10.7. The predicted octanol–water partition coefficient (Wildman–Crippen LogP) is 2.44. The number of aromatic nitrogens is 4. The Labute approximate surface area is 243 Å². The molecule has 218 valence electrons. The molecule has 2 aromatic carbocycles. The molecule has 42 heavy (non-hydrogen) atoms. The Morgan fingerprint density at radius 3 is 2.24 bits per heavy atom. The molecular weight excluding hydrogens is 538 g/mol. The van der Waals surface area contributed by atoms with Gasteiger partial charge >= 0.3 is 18.1 Å². The number of esters is 2. The molecule has 0 spiro atoms. The molecule has 1 aliphatic carbocycles. The van der Waals surface area contributed by atoms with Crippen molar-refractivity contribution in [3.05, 3.63) is 87.0 Å². The molecular formula is C30H33N7O5. The normalized spacial score (nSPS) is 17.8. The molecule has 1 saturated heterocycles. The molecule has 0 radical (unpaired) electrons. The van der Waals surface area contributed by atoms with Crippen molar-refractivity contribution >= 4 is 17.8 Å². The van der Waals surface area contributed by atoms with Crippen LogP contribution in [0.1, 0.15) is 75.0 Å². The van der Waals surface area contributed by atoms with Crippen molar-refractivity contribution in [2.75, 3.05) is 27.3 Å². The maximum atomic E-state index is 13.0. The maximum Gasteiger partial charge on any atom is 0.337 e. The molecule has 2 N–H and O–H groups in total. The lowest BCUT2D eigenvalue weighted by Crippen LogP contribution is -2.45. The summed E-state index contributed by atoms with van der Waals surface area (Å²) in [6.07, 6.45) is 2.72. The first-order valence-electron chi connectivity index (χ1n) is 13.9. The Morgan fingerprint density at radius 2 is 1.71 bits per heavy atom. The van der Waals surface area contributed by atoms with E-state index < -0.39 is 23.5 Å². The summed E-state index contributed by atoms with van der Waals surface area (Å²) >= 11 is 0. The van der Waals surface area contributed by atoms with E-state index in [0.29, 0.717) is 49.2 Å². The van der Waals surface area contributed by atoms with Gasteiger partial charge in [0, 0.05) is 19.0 Å². The second-order valence-electron chi connectivity index (χ2n) is 10.7. The number of nitrogens with one attached hydrogen (secondary N) is 2. The van der Waals surface area contributed by atoms with Crippen molar-refractivity contribution in [3.63, 3.8) is 0 Å². The van der Waals surface area contributed by atoms with E-state index >= 15 is 0 Å². The number of amides is 1. The first kappa shape index (κ1) is 28.9. The molecule has 1 amide bonds. The zero-order valence-corrected chi connectivity index (χ0v) is 23.8. The van der Waals surface area contributed by atoms with E-state index in [1.807, 2.05) is 31.2 Å². The zero-order valence-electron chi connectivity index (χ0n) is 23.8. The number of carbonyl (C=O) groups is 3. The van der Waals surface area contributed by atoms with Crippen LogP contribution in [0.15, 0.2) is 36.4 Å². The molecule has 1 fully saturated rings. The summed E-state index contributed by atoms with van der Waals surface area (Å²) in [5.74, 6) is -0.561. The molecule has 0 unspecified atom stereocenters. The Hall–Kier alpha value is -4.63. The van der Waals surface area contributed by atoms with Crippen LogP contribution in [0, 0.1) is 6.57 Å². The number of ether oxygens (including phenoxy) is 2. The number of aryl methyl sites for hydroxylation is 2. The van der Waals surface area contributed by atoms with Crippen molar-refractivity contribution in [3.8, 4) is 0 Å². The van der Waals surface area contributed by atoms with E-state index in [-0.39, 0.29) is 18.5 Å². The summed E-state index contributed by atoms with van der Waals surface area (Å²) < 4.78 is 9.96. The molecule has 2 aliphatic rings. The molecule has 1 aliphatic heterocycles. The average molecular weight is 572 g/mol. The van der Waals surface area contributed by atoms with Gasteiger partial charge in [0.15, 0.2) is 5.82 Å². The van der Waals surface area contributed by atoms with Crippen molar-refractivity contribution in [2.45, 2.75) is 56.7 Å². The van der Waals surface area contributed by atoms with E-state index in [1.54, 1.807) is 17.0 Å². The Kier molecular flexibility index (Phi) is 8.31. The summed E-state index contributed by atoms with van der Waals surface area (Å²) in [6.45, 7) is 10.1. The first-order valence-corrected chi connectivity index (χ1v) is 13.9. The number of carbonyl (C=O) groups excluding carboxylic acids is 3. The number of hydrogen-bond acceptors (Lipinski definition) is 9. The van der Waals surface area contributed by atoms with Crippen LogP contribution in [0.2, 0.25) is 0 Å². The lowest BCUT2D eigenvalue weighted by Gasteiger charge is -2.36. The van der Waals surface area contributed by atoms with E-state index in [0.717, 1.165) is 28.7 Å². The van der Waals surface area contributed by atoms with Crippen LogP contribution in [-0.2, 0) is 32.5 Å². The predicted molar refractivity (Wildman–Crippen MR) is 150 cm³/mol. The molecule has 12 nitrogen and oxygen atoms in total. The molecule has 2 atom stereocenters. The van der Waals surface area contributed by atoms with Crippen molar-refractivity contribution < 1.29 is 23.9 Å². The Bertz CT molecular complexity index is 1460. The van der Waals surface area contributed by atoms with Crippen LogP contribution in [-0.4, -0.2) is 82.9 Å². The van der Waals surface area contributed by atoms with Gasteiger partial charge in [0.05, 0.1) is 37.3 Å². The van der Waals surface area contributed by atoms with Gasteiger partial charge in [0.1, 0.15) is 0 Å². The minimum Gasteiger partial charge on any atom is -0.465 e. The van der Waals surface area contributed by atoms with E-state index in [4.69, 9.17) is 16.0 Å². The van der Waals surface area contributed by atoms with E-state index in [2.05, 4.69) is 30.8 Å².